The number of ether oxygens (including phenoxy) is 1. The first kappa shape index (κ1) is 15.3. The lowest BCUT2D eigenvalue weighted by Gasteiger charge is -2.19. The Morgan fingerprint density at radius 1 is 1.45 bits per heavy atom. The van der Waals surface area contributed by atoms with E-state index in [2.05, 4.69) is 6.92 Å². The summed E-state index contributed by atoms with van der Waals surface area (Å²) in [4.78, 5) is 0.222. The molecule has 1 unspecified atom stereocenters. The van der Waals surface area contributed by atoms with E-state index in [1.807, 2.05) is 0 Å². The topological polar surface area (TPSA) is 72.6 Å². The van der Waals surface area contributed by atoms with Gasteiger partial charge in [0.1, 0.15) is 10.6 Å². The third kappa shape index (κ3) is 2.82. The molecule has 1 aliphatic rings. The maximum Gasteiger partial charge on any atom is 0.246 e. The summed E-state index contributed by atoms with van der Waals surface area (Å²) in [7, 11) is -2.02. The lowest BCUT2D eigenvalue weighted by atomic mass is 10.1. The molecule has 0 amide bonds. The molecule has 0 spiro atoms. The fraction of sp³-hybridized carbons (Fsp3) is 0.571. The van der Waals surface area contributed by atoms with Crippen LogP contribution in [-0.2, 0) is 16.6 Å². The summed E-state index contributed by atoms with van der Waals surface area (Å²) in [6, 6.07) is 5.08. The molecule has 1 atom stereocenters. The van der Waals surface area contributed by atoms with Crippen LogP contribution in [0.2, 0.25) is 0 Å². The van der Waals surface area contributed by atoms with Crippen molar-refractivity contribution in [3.8, 4) is 5.75 Å². The molecular weight excluding hydrogens is 276 g/mol. The average molecular weight is 298 g/mol. The van der Waals surface area contributed by atoms with Crippen molar-refractivity contribution in [1.29, 1.82) is 0 Å². The smallest absolute Gasteiger partial charge is 0.246 e. The minimum atomic E-state index is -3.50. The van der Waals surface area contributed by atoms with Crippen molar-refractivity contribution in [2.24, 2.45) is 11.7 Å². The molecule has 2 N–H and O–H groups in total. The highest BCUT2D eigenvalue weighted by molar-refractivity contribution is 7.89. The Labute approximate surface area is 120 Å². The van der Waals surface area contributed by atoms with E-state index in [1.165, 1.54) is 7.11 Å². The predicted molar refractivity (Wildman–Crippen MR) is 78.0 cm³/mol. The lowest BCUT2D eigenvalue weighted by Crippen LogP contribution is -2.29. The van der Waals surface area contributed by atoms with Crippen molar-refractivity contribution in [1.82, 2.24) is 4.31 Å². The van der Waals surface area contributed by atoms with Gasteiger partial charge < -0.3 is 10.5 Å². The van der Waals surface area contributed by atoms with Crippen molar-refractivity contribution in [2.45, 2.75) is 31.2 Å². The third-order valence-electron chi connectivity index (χ3n) is 3.91. The Hall–Kier alpha value is -1.11. The Balaban J connectivity index is 2.38. The highest BCUT2D eigenvalue weighted by atomic mass is 32.2. The van der Waals surface area contributed by atoms with Crippen molar-refractivity contribution in [2.75, 3.05) is 20.2 Å². The molecule has 1 aliphatic heterocycles. The van der Waals surface area contributed by atoms with Crippen LogP contribution < -0.4 is 10.5 Å². The molecule has 0 radical (unpaired) electrons. The SMILES string of the molecule is CCC1CCN(S(=O)(=O)c2cc(CN)ccc2OC)C1. The Bertz CT molecular complexity index is 572. The Morgan fingerprint density at radius 2 is 2.20 bits per heavy atom. The molecule has 1 saturated heterocycles. The molecule has 0 aromatic heterocycles. The predicted octanol–water partition coefficient (Wildman–Crippen LogP) is 1.57. The molecule has 5 nitrogen and oxygen atoms in total. The summed E-state index contributed by atoms with van der Waals surface area (Å²) in [6.07, 6.45) is 1.93. The second-order valence-corrected chi connectivity index (χ2v) is 7.02. The van der Waals surface area contributed by atoms with Gasteiger partial charge in [0.2, 0.25) is 10.0 Å². The summed E-state index contributed by atoms with van der Waals surface area (Å²) >= 11 is 0. The molecule has 2 rings (SSSR count). The van der Waals surface area contributed by atoms with Gasteiger partial charge in [0.15, 0.2) is 0 Å². The molecule has 1 aromatic rings. The standard InChI is InChI=1S/C14H22N2O3S/c1-3-11-6-7-16(10-11)20(17,18)14-8-12(9-15)4-5-13(14)19-2/h4-5,8,11H,3,6-7,9-10,15H2,1-2H3. The van der Waals surface area contributed by atoms with Gasteiger partial charge in [-0.3, -0.25) is 0 Å². The van der Waals surface area contributed by atoms with E-state index in [0.717, 1.165) is 18.4 Å². The highest BCUT2D eigenvalue weighted by Crippen LogP contribution is 2.31. The normalized spacial score (nSPS) is 20.2. The number of nitrogens with zero attached hydrogens (tertiary/aromatic N) is 1. The first-order chi connectivity index (χ1) is 9.52. The van der Waals surface area contributed by atoms with Crippen molar-refractivity contribution >= 4 is 10.0 Å². The second kappa shape index (κ2) is 6.11. The Kier molecular flexibility index (Phi) is 4.67. The molecule has 20 heavy (non-hydrogen) atoms. The van der Waals surface area contributed by atoms with E-state index in [0.29, 0.717) is 31.3 Å². The third-order valence-corrected chi connectivity index (χ3v) is 5.79. The summed E-state index contributed by atoms with van der Waals surface area (Å²) in [6.45, 7) is 3.58. The van der Waals surface area contributed by atoms with Gasteiger partial charge in [0.25, 0.3) is 0 Å². The van der Waals surface area contributed by atoms with Gasteiger partial charge >= 0.3 is 0 Å². The van der Waals surface area contributed by atoms with Crippen LogP contribution in [-0.4, -0.2) is 32.9 Å². The highest BCUT2D eigenvalue weighted by Gasteiger charge is 2.33. The zero-order valence-electron chi connectivity index (χ0n) is 12.0. The van der Waals surface area contributed by atoms with Gasteiger partial charge in [-0.25, -0.2) is 8.42 Å². The molecule has 6 heteroatoms. The number of hydrogen-bond donors (Lipinski definition) is 1. The van der Waals surface area contributed by atoms with Gasteiger partial charge in [-0.2, -0.15) is 4.31 Å². The minimum absolute atomic E-state index is 0.222. The molecule has 0 saturated carbocycles. The molecule has 1 aromatic carbocycles. The molecule has 1 fully saturated rings. The van der Waals surface area contributed by atoms with Crippen molar-refractivity contribution in [3.05, 3.63) is 23.8 Å². The minimum Gasteiger partial charge on any atom is -0.495 e. The largest absolute Gasteiger partial charge is 0.495 e. The Morgan fingerprint density at radius 3 is 2.75 bits per heavy atom. The van der Waals surface area contributed by atoms with E-state index >= 15 is 0 Å². The number of nitrogens with two attached hydrogens (primary N) is 1. The van der Waals surface area contributed by atoms with Crippen molar-refractivity contribution < 1.29 is 13.2 Å². The van der Waals surface area contributed by atoms with Crippen molar-refractivity contribution in [3.63, 3.8) is 0 Å². The van der Waals surface area contributed by atoms with Gasteiger partial charge in [-0.15, -0.1) is 0 Å². The lowest BCUT2D eigenvalue weighted by molar-refractivity contribution is 0.396. The number of benzene rings is 1. The first-order valence-electron chi connectivity index (χ1n) is 6.90. The number of hydrogen-bond acceptors (Lipinski definition) is 4. The van der Waals surface area contributed by atoms with Crippen LogP contribution in [0, 0.1) is 5.92 Å². The van der Waals surface area contributed by atoms with E-state index in [9.17, 15) is 8.42 Å². The molecule has 0 bridgehead atoms. The van der Waals surface area contributed by atoms with Gasteiger partial charge in [0, 0.05) is 19.6 Å². The maximum atomic E-state index is 12.7. The van der Waals surface area contributed by atoms with Crippen LogP contribution in [0.15, 0.2) is 23.1 Å². The van der Waals surface area contributed by atoms with Crippen LogP contribution in [0.25, 0.3) is 0 Å². The first-order valence-corrected chi connectivity index (χ1v) is 8.34. The monoisotopic (exact) mass is 298 g/mol. The van der Waals surface area contributed by atoms with E-state index in [-0.39, 0.29) is 4.90 Å². The number of rotatable bonds is 5. The van der Waals surface area contributed by atoms with Crippen LogP contribution in [0.4, 0.5) is 0 Å². The number of methoxy groups -OCH3 is 1. The molecule has 0 aliphatic carbocycles. The van der Waals surface area contributed by atoms with Crippen LogP contribution >= 0.6 is 0 Å². The molecular formula is C14H22N2O3S. The van der Waals surface area contributed by atoms with Gasteiger partial charge in [0.05, 0.1) is 7.11 Å². The summed E-state index contributed by atoms with van der Waals surface area (Å²) in [5, 5.41) is 0. The van der Waals surface area contributed by atoms with E-state index < -0.39 is 10.0 Å². The number of sulfonamides is 1. The van der Waals surface area contributed by atoms with Crippen LogP contribution in [0.5, 0.6) is 5.75 Å². The van der Waals surface area contributed by atoms with Gasteiger partial charge in [-0.05, 0) is 30.0 Å². The van der Waals surface area contributed by atoms with Gasteiger partial charge in [-0.1, -0.05) is 19.4 Å². The molecule has 112 valence electrons. The summed E-state index contributed by atoms with van der Waals surface area (Å²) in [5.74, 6) is 0.829. The maximum absolute atomic E-state index is 12.7. The summed E-state index contributed by atoms with van der Waals surface area (Å²) < 4.78 is 32.2. The van der Waals surface area contributed by atoms with Crippen LogP contribution in [0.1, 0.15) is 25.3 Å². The van der Waals surface area contributed by atoms with E-state index in [1.54, 1.807) is 22.5 Å². The summed E-state index contributed by atoms with van der Waals surface area (Å²) in [5.41, 5.74) is 6.39. The molecule has 1 heterocycles. The fourth-order valence-corrected chi connectivity index (χ4v) is 4.27. The zero-order valence-corrected chi connectivity index (χ0v) is 12.8. The quantitative estimate of drug-likeness (QED) is 0.895. The van der Waals surface area contributed by atoms with Crippen LogP contribution in [0.3, 0.4) is 0 Å². The van der Waals surface area contributed by atoms with E-state index in [4.69, 9.17) is 10.5 Å². The second-order valence-electron chi connectivity index (χ2n) is 5.12. The fourth-order valence-electron chi connectivity index (χ4n) is 2.54. The average Bonchev–Trinajstić information content (AvgIpc) is 2.96. The zero-order chi connectivity index (χ0) is 14.8.